The standard InChI is InChI=1S/C19H21FN2O3/c1-12-16(13-7-9-21-10-8-13)11-22(15-5-3-14(20)4-6-15)18(23)17(12)19(24)25-2/h3-6,11,13,21H,7-10H2,1-2H3. The Bertz CT molecular complexity index is 837. The van der Waals surface area contributed by atoms with E-state index in [1.54, 1.807) is 13.1 Å². The lowest BCUT2D eigenvalue weighted by molar-refractivity contribution is 0.0597. The molecule has 25 heavy (non-hydrogen) atoms. The number of carbonyl (C=O) groups is 1. The van der Waals surface area contributed by atoms with Gasteiger partial charge in [0.1, 0.15) is 11.4 Å². The monoisotopic (exact) mass is 344 g/mol. The minimum absolute atomic E-state index is 0.0443. The third kappa shape index (κ3) is 3.35. The Morgan fingerprint density at radius 2 is 1.88 bits per heavy atom. The first-order chi connectivity index (χ1) is 12.0. The van der Waals surface area contributed by atoms with E-state index < -0.39 is 11.5 Å². The number of hydrogen-bond donors (Lipinski definition) is 1. The summed E-state index contributed by atoms with van der Waals surface area (Å²) >= 11 is 0. The van der Waals surface area contributed by atoms with E-state index in [1.165, 1.54) is 35.9 Å². The number of aromatic nitrogens is 1. The average molecular weight is 344 g/mol. The Morgan fingerprint density at radius 1 is 1.24 bits per heavy atom. The number of pyridine rings is 1. The Morgan fingerprint density at radius 3 is 2.48 bits per heavy atom. The molecule has 1 N–H and O–H groups in total. The number of ether oxygens (including phenoxy) is 1. The predicted octanol–water partition coefficient (Wildman–Crippen LogP) is 2.54. The minimum atomic E-state index is -0.644. The summed E-state index contributed by atoms with van der Waals surface area (Å²) in [6.45, 7) is 3.58. The van der Waals surface area contributed by atoms with Gasteiger partial charge >= 0.3 is 5.97 Å². The van der Waals surface area contributed by atoms with Crippen molar-refractivity contribution in [2.45, 2.75) is 25.7 Å². The van der Waals surface area contributed by atoms with E-state index in [4.69, 9.17) is 4.74 Å². The van der Waals surface area contributed by atoms with Crippen LogP contribution in [0.5, 0.6) is 0 Å². The molecule has 3 rings (SSSR count). The average Bonchev–Trinajstić information content (AvgIpc) is 2.63. The third-order valence-corrected chi connectivity index (χ3v) is 4.78. The number of methoxy groups -OCH3 is 1. The van der Waals surface area contributed by atoms with Gasteiger partial charge in [-0.3, -0.25) is 9.36 Å². The Kier molecular flexibility index (Phi) is 4.99. The zero-order chi connectivity index (χ0) is 18.0. The zero-order valence-electron chi connectivity index (χ0n) is 14.3. The van der Waals surface area contributed by atoms with E-state index in [0.29, 0.717) is 11.3 Å². The third-order valence-electron chi connectivity index (χ3n) is 4.78. The fourth-order valence-electron chi connectivity index (χ4n) is 3.40. The molecular weight excluding hydrogens is 323 g/mol. The van der Waals surface area contributed by atoms with Gasteiger partial charge in [-0.15, -0.1) is 0 Å². The smallest absolute Gasteiger partial charge is 0.343 e. The van der Waals surface area contributed by atoms with Gasteiger partial charge in [-0.25, -0.2) is 9.18 Å². The number of rotatable bonds is 3. The molecule has 0 amide bonds. The largest absolute Gasteiger partial charge is 0.465 e. The number of halogens is 1. The van der Waals surface area contributed by atoms with Crippen LogP contribution in [0.25, 0.3) is 5.69 Å². The number of esters is 1. The van der Waals surface area contributed by atoms with Crippen molar-refractivity contribution < 1.29 is 13.9 Å². The van der Waals surface area contributed by atoms with Crippen molar-refractivity contribution in [1.29, 1.82) is 0 Å². The van der Waals surface area contributed by atoms with Crippen LogP contribution < -0.4 is 10.9 Å². The van der Waals surface area contributed by atoms with Gasteiger partial charge in [0.2, 0.25) is 0 Å². The van der Waals surface area contributed by atoms with Crippen LogP contribution in [0, 0.1) is 12.7 Å². The summed E-state index contributed by atoms with van der Waals surface area (Å²) in [5.74, 6) is -0.762. The van der Waals surface area contributed by atoms with Crippen LogP contribution in [-0.4, -0.2) is 30.7 Å². The molecule has 0 spiro atoms. The molecule has 2 heterocycles. The highest BCUT2D eigenvalue weighted by atomic mass is 19.1. The molecule has 1 aromatic heterocycles. The zero-order valence-corrected chi connectivity index (χ0v) is 14.3. The highest BCUT2D eigenvalue weighted by Crippen LogP contribution is 2.29. The topological polar surface area (TPSA) is 60.3 Å². The van der Waals surface area contributed by atoms with Crippen molar-refractivity contribution in [3.8, 4) is 5.69 Å². The van der Waals surface area contributed by atoms with Crippen LogP contribution in [0.1, 0.15) is 40.2 Å². The number of hydrogen-bond acceptors (Lipinski definition) is 4. The number of benzene rings is 1. The molecule has 6 heteroatoms. The molecule has 0 radical (unpaired) electrons. The van der Waals surface area contributed by atoms with Crippen molar-refractivity contribution in [2.75, 3.05) is 20.2 Å². The van der Waals surface area contributed by atoms with Crippen LogP contribution in [0.3, 0.4) is 0 Å². The van der Waals surface area contributed by atoms with Gasteiger partial charge in [-0.1, -0.05) is 0 Å². The highest BCUT2D eigenvalue weighted by Gasteiger charge is 2.25. The van der Waals surface area contributed by atoms with Crippen LogP contribution in [0.15, 0.2) is 35.3 Å². The molecule has 1 fully saturated rings. The van der Waals surface area contributed by atoms with E-state index in [-0.39, 0.29) is 17.3 Å². The van der Waals surface area contributed by atoms with Crippen LogP contribution in [0.4, 0.5) is 4.39 Å². The number of nitrogens with one attached hydrogen (secondary N) is 1. The molecule has 1 saturated heterocycles. The van der Waals surface area contributed by atoms with Gasteiger partial charge in [0, 0.05) is 11.9 Å². The Balaban J connectivity index is 2.21. The fraction of sp³-hybridized carbons (Fsp3) is 0.368. The van der Waals surface area contributed by atoms with Crippen molar-refractivity contribution in [3.63, 3.8) is 0 Å². The van der Waals surface area contributed by atoms with Crippen molar-refractivity contribution in [1.82, 2.24) is 9.88 Å². The first-order valence-electron chi connectivity index (χ1n) is 8.34. The Labute approximate surface area is 145 Å². The molecule has 0 atom stereocenters. The number of nitrogens with zero attached hydrogens (tertiary/aromatic N) is 1. The molecule has 5 nitrogen and oxygen atoms in total. The van der Waals surface area contributed by atoms with Gasteiger partial charge in [0.15, 0.2) is 0 Å². The minimum Gasteiger partial charge on any atom is -0.465 e. The van der Waals surface area contributed by atoms with E-state index in [9.17, 15) is 14.0 Å². The summed E-state index contributed by atoms with van der Waals surface area (Å²) in [5, 5.41) is 3.31. The lowest BCUT2D eigenvalue weighted by Gasteiger charge is -2.26. The summed E-state index contributed by atoms with van der Waals surface area (Å²) in [5.41, 5.74) is 1.75. The molecule has 0 aliphatic carbocycles. The summed E-state index contributed by atoms with van der Waals surface area (Å²) < 4.78 is 19.5. The van der Waals surface area contributed by atoms with E-state index in [2.05, 4.69) is 5.32 Å². The van der Waals surface area contributed by atoms with Crippen molar-refractivity contribution >= 4 is 5.97 Å². The molecule has 1 aliphatic heterocycles. The van der Waals surface area contributed by atoms with E-state index in [1.807, 2.05) is 0 Å². The second-order valence-corrected chi connectivity index (χ2v) is 6.25. The summed E-state index contributed by atoms with van der Waals surface area (Å²) in [6.07, 6.45) is 3.65. The van der Waals surface area contributed by atoms with Gasteiger partial charge in [0.25, 0.3) is 5.56 Å². The SMILES string of the molecule is COC(=O)c1c(C)c(C2CCNCC2)cn(-c2ccc(F)cc2)c1=O. The summed E-state index contributed by atoms with van der Waals surface area (Å²) in [7, 11) is 1.26. The molecule has 1 aromatic carbocycles. The van der Waals surface area contributed by atoms with Crippen LogP contribution >= 0.6 is 0 Å². The Hall–Kier alpha value is -2.47. The maximum atomic E-state index is 13.2. The van der Waals surface area contributed by atoms with Crippen molar-refractivity contribution in [2.24, 2.45) is 0 Å². The quantitative estimate of drug-likeness (QED) is 0.870. The molecule has 2 aromatic rings. The summed E-state index contributed by atoms with van der Waals surface area (Å²) in [6, 6.07) is 5.64. The molecule has 132 valence electrons. The molecule has 1 aliphatic rings. The van der Waals surface area contributed by atoms with Crippen LogP contribution in [-0.2, 0) is 4.74 Å². The highest BCUT2D eigenvalue weighted by molar-refractivity contribution is 5.91. The lowest BCUT2D eigenvalue weighted by Crippen LogP contribution is -2.31. The lowest BCUT2D eigenvalue weighted by atomic mass is 9.87. The van der Waals surface area contributed by atoms with Gasteiger partial charge < -0.3 is 10.1 Å². The molecular formula is C19H21FN2O3. The van der Waals surface area contributed by atoms with Gasteiger partial charge in [-0.05, 0) is 74.2 Å². The number of piperidine rings is 1. The number of carbonyl (C=O) groups excluding carboxylic acids is 1. The predicted molar refractivity (Wildman–Crippen MR) is 92.9 cm³/mol. The van der Waals surface area contributed by atoms with Crippen LogP contribution in [0.2, 0.25) is 0 Å². The van der Waals surface area contributed by atoms with Gasteiger partial charge in [-0.2, -0.15) is 0 Å². The fourth-order valence-corrected chi connectivity index (χ4v) is 3.40. The second kappa shape index (κ2) is 7.19. The first kappa shape index (κ1) is 17.4. The first-order valence-corrected chi connectivity index (χ1v) is 8.34. The molecule has 0 unspecified atom stereocenters. The second-order valence-electron chi connectivity index (χ2n) is 6.25. The molecule has 0 bridgehead atoms. The van der Waals surface area contributed by atoms with E-state index in [0.717, 1.165) is 31.5 Å². The molecule has 0 saturated carbocycles. The maximum absolute atomic E-state index is 13.2. The van der Waals surface area contributed by atoms with Gasteiger partial charge in [0.05, 0.1) is 7.11 Å². The maximum Gasteiger partial charge on any atom is 0.343 e. The summed E-state index contributed by atoms with van der Waals surface area (Å²) in [4.78, 5) is 25.1. The van der Waals surface area contributed by atoms with Crippen molar-refractivity contribution in [3.05, 3.63) is 63.3 Å². The van der Waals surface area contributed by atoms with E-state index >= 15 is 0 Å². The normalized spacial score (nSPS) is 15.2.